The fourth-order valence-corrected chi connectivity index (χ4v) is 2.80. The molecule has 9 nitrogen and oxygen atoms in total. The van der Waals surface area contributed by atoms with Crippen molar-refractivity contribution < 1.29 is 27.5 Å². The number of nitrogens with one attached hydrogen (secondary N) is 3. The zero-order chi connectivity index (χ0) is 22.6. The van der Waals surface area contributed by atoms with Gasteiger partial charge in [-0.3, -0.25) is 10.1 Å². The number of halogens is 3. The highest BCUT2D eigenvalue weighted by molar-refractivity contribution is 5.95. The normalized spacial score (nSPS) is 11.3. The van der Waals surface area contributed by atoms with Gasteiger partial charge in [-0.1, -0.05) is 12.1 Å². The maximum absolute atomic E-state index is 12.6. The van der Waals surface area contributed by atoms with E-state index in [1.807, 2.05) is 0 Å². The number of hydrogen-bond acceptors (Lipinski definition) is 5. The second-order valence-corrected chi connectivity index (χ2v) is 6.25. The predicted molar refractivity (Wildman–Crippen MR) is 106 cm³/mol. The molecule has 0 spiro atoms. The summed E-state index contributed by atoms with van der Waals surface area (Å²) in [6.45, 7) is 4.22. The molecule has 0 bridgehead atoms. The zero-order valence-electron chi connectivity index (χ0n) is 16.6. The van der Waals surface area contributed by atoms with Crippen molar-refractivity contribution in [2.75, 3.05) is 18.4 Å². The van der Waals surface area contributed by atoms with Gasteiger partial charge in [-0.05, 0) is 49.2 Å². The minimum atomic E-state index is -4.83. The van der Waals surface area contributed by atoms with Crippen LogP contribution in [0.25, 0.3) is 16.8 Å². The van der Waals surface area contributed by atoms with Crippen molar-refractivity contribution in [1.82, 2.24) is 25.2 Å². The molecule has 3 rings (SSSR count). The van der Waals surface area contributed by atoms with Crippen molar-refractivity contribution in [3.05, 3.63) is 42.1 Å². The Morgan fingerprint density at radius 3 is 2.48 bits per heavy atom. The number of anilines is 1. The molecule has 0 aliphatic heterocycles. The van der Waals surface area contributed by atoms with Crippen LogP contribution in [0, 0.1) is 0 Å². The number of nitrogens with zero attached hydrogens (tertiary/aromatic N) is 3. The average Bonchev–Trinajstić information content (AvgIpc) is 3.08. The highest BCUT2D eigenvalue weighted by atomic mass is 19.4. The Bertz CT molecular complexity index is 1110. The van der Waals surface area contributed by atoms with Crippen molar-refractivity contribution in [1.29, 1.82) is 0 Å². The highest BCUT2D eigenvalue weighted by Gasteiger charge is 2.31. The molecule has 2 heterocycles. The molecular formula is C19H19F3N6O3. The van der Waals surface area contributed by atoms with E-state index in [4.69, 9.17) is 0 Å². The number of aromatic nitrogens is 3. The van der Waals surface area contributed by atoms with Crippen LogP contribution in [0.15, 0.2) is 36.4 Å². The molecule has 2 aromatic heterocycles. The second-order valence-electron chi connectivity index (χ2n) is 6.25. The van der Waals surface area contributed by atoms with E-state index in [0.29, 0.717) is 24.2 Å². The summed E-state index contributed by atoms with van der Waals surface area (Å²) in [5.74, 6) is -0.904. The molecule has 3 N–H and O–H groups in total. The van der Waals surface area contributed by atoms with Crippen LogP contribution in [-0.2, 0) is 0 Å². The van der Waals surface area contributed by atoms with Gasteiger partial charge in [0.2, 0.25) is 0 Å². The Morgan fingerprint density at radius 2 is 1.81 bits per heavy atom. The molecule has 0 saturated carbocycles. The molecule has 0 saturated heterocycles. The van der Waals surface area contributed by atoms with Crippen LogP contribution in [0.2, 0.25) is 0 Å². The van der Waals surface area contributed by atoms with Gasteiger partial charge in [0.1, 0.15) is 11.4 Å². The topological polar surface area (TPSA) is 110 Å². The quantitative estimate of drug-likeness (QED) is 0.550. The lowest BCUT2D eigenvalue weighted by Gasteiger charge is -2.11. The summed E-state index contributed by atoms with van der Waals surface area (Å²) in [7, 11) is 0. The zero-order valence-corrected chi connectivity index (χ0v) is 16.6. The van der Waals surface area contributed by atoms with Crippen molar-refractivity contribution in [2.45, 2.75) is 20.2 Å². The second kappa shape index (κ2) is 8.90. The van der Waals surface area contributed by atoms with E-state index in [0.717, 1.165) is 0 Å². The number of urea groups is 1. The van der Waals surface area contributed by atoms with Crippen LogP contribution >= 0.6 is 0 Å². The summed E-state index contributed by atoms with van der Waals surface area (Å²) in [4.78, 5) is 28.5. The van der Waals surface area contributed by atoms with Gasteiger partial charge >= 0.3 is 12.4 Å². The van der Waals surface area contributed by atoms with E-state index in [9.17, 15) is 22.8 Å². The summed E-state index contributed by atoms with van der Waals surface area (Å²) in [5, 5.41) is 11.8. The third-order valence-corrected chi connectivity index (χ3v) is 3.97. The van der Waals surface area contributed by atoms with E-state index in [-0.39, 0.29) is 17.3 Å². The third kappa shape index (κ3) is 5.41. The fourth-order valence-electron chi connectivity index (χ4n) is 2.80. The largest absolute Gasteiger partial charge is 0.573 e. The molecule has 12 heteroatoms. The molecular weight excluding hydrogens is 417 g/mol. The number of ether oxygens (including phenoxy) is 1. The Labute approximate surface area is 174 Å². The van der Waals surface area contributed by atoms with Crippen LogP contribution < -0.4 is 20.7 Å². The third-order valence-electron chi connectivity index (χ3n) is 3.97. The number of carbonyl (C=O) groups excluding carboxylic acids is 2. The molecule has 0 atom stereocenters. The fraction of sp³-hybridized carbons (Fsp3) is 0.263. The monoisotopic (exact) mass is 436 g/mol. The molecule has 1 aromatic carbocycles. The summed E-state index contributed by atoms with van der Waals surface area (Å²) in [6, 6.07) is 7.83. The standard InChI is InChI=1S/C19H19F3N6O3/c1-3-23-16(29)14-9-12(11-6-5-7-13(8-11)31-19(20,21)22)10-15-25-17(27-28(14)15)26-18(30)24-4-2/h5-10H,3-4H2,1-2H3,(H,23,29)(H2,24,26,27,30). The Hall–Kier alpha value is -3.83. The number of pyridine rings is 1. The smallest absolute Gasteiger partial charge is 0.406 e. The first-order valence-electron chi connectivity index (χ1n) is 9.30. The van der Waals surface area contributed by atoms with Crippen LogP contribution in [0.4, 0.5) is 23.9 Å². The summed E-state index contributed by atoms with van der Waals surface area (Å²) >= 11 is 0. The first-order chi connectivity index (χ1) is 14.7. The van der Waals surface area contributed by atoms with E-state index in [1.54, 1.807) is 19.9 Å². The molecule has 3 amide bonds. The molecule has 0 unspecified atom stereocenters. The van der Waals surface area contributed by atoms with Crippen LogP contribution in [0.1, 0.15) is 24.3 Å². The SMILES string of the molecule is CCNC(=O)Nc1nc2cc(-c3cccc(OC(F)(F)F)c3)cc(C(=O)NCC)n2n1. The number of amides is 3. The molecule has 164 valence electrons. The lowest BCUT2D eigenvalue weighted by Crippen LogP contribution is -2.28. The summed E-state index contributed by atoms with van der Waals surface area (Å²) in [6.07, 6.45) is -4.83. The van der Waals surface area contributed by atoms with Gasteiger partial charge in [0, 0.05) is 13.1 Å². The number of hydrogen-bond donors (Lipinski definition) is 3. The number of benzene rings is 1. The van der Waals surface area contributed by atoms with Gasteiger partial charge < -0.3 is 15.4 Å². The van der Waals surface area contributed by atoms with Crippen LogP contribution in [-0.4, -0.2) is 46.0 Å². The number of fused-ring (bicyclic) bond motifs is 1. The lowest BCUT2D eigenvalue weighted by atomic mass is 10.1. The molecule has 0 fully saturated rings. The molecule has 0 radical (unpaired) electrons. The lowest BCUT2D eigenvalue weighted by molar-refractivity contribution is -0.274. The maximum Gasteiger partial charge on any atom is 0.573 e. The maximum atomic E-state index is 12.6. The van der Waals surface area contributed by atoms with E-state index in [1.165, 1.54) is 34.8 Å². The van der Waals surface area contributed by atoms with Gasteiger partial charge in [-0.2, -0.15) is 4.98 Å². The highest BCUT2D eigenvalue weighted by Crippen LogP contribution is 2.29. The van der Waals surface area contributed by atoms with Gasteiger partial charge in [-0.25, -0.2) is 9.31 Å². The van der Waals surface area contributed by atoms with Crippen molar-refractivity contribution in [2.24, 2.45) is 0 Å². The Morgan fingerprint density at radius 1 is 1.06 bits per heavy atom. The predicted octanol–water partition coefficient (Wildman–Crippen LogP) is 3.19. The van der Waals surface area contributed by atoms with Crippen LogP contribution in [0.3, 0.4) is 0 Å². The van der Waals surface area contributed by atoms with Gasteiger partial charge in [0.05, 0.1) is 0 Å². The van der Waals surface area contributed by atoms with E-state index in [2.05, 4.69) is 30.8 Å². The Balaban J connectivity index is 2.07. The number of alkyl halides is 3. The van der Waals surface area contributed by atoms with E-state index < -0.39 is 24.1 Å². The van der Waals surface area contributed by atoms with Gasteiger partial charge in [-0.15, -0.1) is 18.3 Å². The van der Waals surface area contributed by atoms with Gasteiger partial charge in [0.15, 0.2) is 5.65 Å². The Kier molecular flexibility index (Phi) is 6.28. The molecule has 0 aliphatic rings. The first-order valence-corrected chi connectivity index (χ1v) is 9.30. The van der Waals surface area contributed by atoms with E-state index >= 15 is 0 Å². The summed E-state index contributed by atoms with van der Waals surface area (Å²) < 4.78 is 42.9. The van der Waals surface area contributed by atoms with Crippen molar-refractivity contribution in [3.63, 3.8) is 0 Å². The molecule has 31 heavy (non-hydrogen) atoms. The van der Waals surface area contributed by atoms with Crippen molar-refractivity contribution in [3.8, 4) is 16.9 Å². The molecule has 3 aromatic rings. The minimum absolute atomic E-state index is 0.0391. The minimum Gasteiger partial charge on any atom is -0.406 e. The number of carbonyl (C=O) groups is 2. The number of rotatable bonds is 6. The summed E-state index contributed by atoms with van der Waals surface area (Å²) in [5.41, 5.74) is 1.09. The average molecular weight is 436 g/mol. The molecule has 0 aliphatic carbocycles. The van der Waals surface area contributed by atoms with Crippen LogP contribution in [0.5, 0.6) is 5.75 Å². The first kappa shape index (κ1) is 21.9. The van der Waals surface area contributed by atoms with Crippen molar-refractivity contribution >= 4 is 23.5 Å². The van der Waals surface area contributed by atoms with Gasteiger partial charge in [0.25, 0.3) is 11.9 Å².